The monoisotopic (exact) mass is 196 g/mol. The maximum Gasteiger partial charge on any atom is 0.0218 e. The van der Waals surface area contributed by atoms with Gasteiger partial charge in [-0.1, -0.05) is 6.92 Å². The normalized spacial score (nSPS) is 30.9. The number of hydrogen-bond acceptors (Lipinski definition) is 2. The first-order valence-electron chi connectivity index (χ1n) is 6.25. The Balaban J connectivity index is 1.69. The standard InChI is InChI=1S/C12H24N2/c1-3-12(10-6-7-10)13-9-11-5-4-8-14(11)2/h10-13H,3-9H2,1-2H3. The number of nitrogens with one attached hydrogen (secondary N) is 1. The van der Waals surface area contributed by atoms with E-state index in [4.69, 9.17) is 0 Å². The van der Waals surface area contributed by atoms with Crippen LogP contribution in [0.4, 0.5) is 0 Å². The van der Waals surface area contributed by atoms with E-state index in [-0.39, 0.29) is 0 Å². The summed E-state index contributed by atoms with van der Waals surface area (Å²) in [5.41, 5.74) is 0. The van der Waals surface area contributed by atoms with Crippen LogP contribution in [0.1, 0.15) is 39.0 Å². The number of rotatable bonds is 5. The van der Waals surface area contributed by atoms with Crippen LogP contribution < -0.4 is 5.32 Å². The van der Waals surface area contributed by atoms with Crippen molar-refractivity contribution in [2.24, 2.45) is 5.92 Å². The Hall–Kier alpha value is -0.0800. The third kappa shape index (κ3) is 2.48. The summed E-state index contributed by atoms with van der Waals surface area (Å²) in [5, 5.41) is 3.76. The predicted octanol–water partition coefficient (Wildman–Crippen LogP) is 1.86. The Kier molecular flexibility index (Phi) is 3.45. The first-order chi connectivity index (χ1) is 6.81. The minimum atomic E-state index is 0.808. The number of likely N-dealkylation sites (N-methyl/N-ethyl adjacent to an activating group) is 1. The molecule has 2 fully saturated rings. The van der Waals surface area contributed by atoms with Gasteiger partial charge in [0.05, 0.1) is 0 Å². The molecular formula is C12H24N2. The molecule has 1 aliphatic carbocycles. The minimum absolute atomic E-state index is 0.808. The van der Waals surface area contributed by atoms with Gasteiger partial charge < -0.3 is 10.2 Å². The van der Waals surface area contributed by atoms with E-state index in [1.807, 2.05) is 0 Å². The highest BCUT2D eigenvalue weighted by Crippen LogP contribution is 2.33. The first-order valence-corrected chi connectivity index (χ1v) is 6.25. The third-order valence-electron chi connectivity index (χ3n) is 3.92. The van der Waals surface area contributed by atoms with Crippen molar-refractivity contribution < 1.29 is 0 Å². The van der Waals surface area contributed by atoms with E-state index in [1.54, 1.807) is 0 Å². The molecule has 1 saturated heterocycles. The average molecular weight is 196 g/mol. The second-order valence-electron chi connectivity index (χ2n) is 5.04. The fourth-order valence-electron chi connectivity index (χ4n) is 2.67. The van der Waals surface area contributed by atoms with Crippen molar-refractivity contribution in [2.45, 2.75) is 51.1 Å². The Morgan fingerprint density at radius 1 is 1.36 bits per heavy atom. The van der Waals surface area contributed by atoms with Crippen molar-refractivity contribution in [2.75, 3.05) is 20.1 Å². The van der Waals surface area contributed by atoms with Crippen molar-refractivity contribution in [3.05, 3.63) is 0 Å². The highest BCUT2D eigenvalue weighted by molar-refractivity contribution is 4.87. The van der Waals surface area contributed by atoms with E-state index >= 15 is 0 Å². The smallest absolute Gasteiger partial charge is 0.0218 e. The Morgan fingerprint density at radius 3 is 2.64 bits per heavy atom. The molecule has 0 bridgehead atoms. The first kappa shape index (κ1) is 10.4. The molecule has 0 aromatic carbocycles. The highest BCUT2D eigenvalue weighted by Gasteiger charge is 2.30. The van der Waals surface area contributed by atoms with Crippen LogP contribution in [0, 0.1) is 5.92 Å². The second kappa shape index (κ2) is 4.63. The van der Waals surface area contributed by atoms with Gasteiger partial charge >= 0.3 is 0 Å². The molecule has 2 aliphatic rings. The van der Waals surface area contributed by atoms with Crippen LogP contribution in [0.25, 0.3) is 0 Å². The maximum absolute atomic E-state index is 3.76. The topological polar surface area (TPSA) is 15.3 Å². The molecule has 0 aromatic heterocycles. The van der Waals surface area contributed by atoms with Crippen LogP contribution in [-0.4, -0.2) is 37.1 Å². The lowest BCUT2D eigenvalue weighted by Gasteiger charge is -2.23. The van der Waals surface area contributed by atoms with Gasteiger partial charge in [-0.05, 0) is 51.6 Å². The summed E-state index contributed by atoms with van der Waals surface area (Å²) in [7, 11) is 2.26. The Bertz CT molecular complexity index is 175. The largest absolute Gasteiger partial charge is 0.312 e. The summed E-state index contributed by atoms with van der Waals surface area (Å²) >= 11 is 0. The van der Waals surface area contributed by atoms with E-state index in [1.165, 1.54) is 45.2 Å². The molecule has 2 nitrogen and oxygen atoms in total. The van der Waals surface area contributed by atoms with Crippen molar-refractivity contribution in [3.8, 4) is 0 Å². The SMILES string of the molecule is CCC(NCC1CCCN1C)C1CC1. The van der Waals surface area contributed by atoms with E-state index in [0.29, 0.717) is 0 Å². The summed E-state index contributed by atoms with van der Waals surface area (Å²) in [5.74, 6) is 1.01. The molecule has 2 heteroatoms. The lowest BCUT2D eigenvalue weighted by atomic mass is 10.1. The maximum atomic E-state index is 3.76. The van der Waals surface area contributed by atoms with Crippen LogP contribution in [-0.2, 0) is 0 Å². The second-order valence-corrected chi connectivity index (χ2v) is 5.04. The summed E-state index contributed by atoms with van der Waals surface area (Å²) in [4.78, 5) is 2.51. The fourth-order valence-corrected chi connectivity index (χ4v) is 2.67. The van der Waals surface area contributed by atoms with Crippen LogP contribution >= 0.6 is 0 Å². The molecule has 0 radical (unpaired) electrons. The third-order valence-corrected chi connectivity index (χ3v) is 3.92. The van der Waals surface area contributed by atoms with E-state index in [2.05, 4.69) is 24.2 Å². The molecule has 82 valence electrons. The lowest BCUT2D eigenvalue weighted by Crippen LogP contribution is -2.41. The van der Waals surface area contributed by atoms with E-state index in [9.17, 15) is 0 Å². The molecule has 2 atom stereocenters. The van der Waals surface area contributed by atoms with Crippen molar-refractivity contribution in [1.29, 1.82) is 0 Å². The van der Waals surface area contributed by atoms with Crippen LogP contribution in [0.5, 0.6) is 0 Å². The molecule has 0 spiro atoms. The van der Waals surface area contributed by atoms with Crippen LogP contribution in [0.2, 0.25) is 0 Å². The van der Waals surface area contributed by atoms with E-state index < -0.39 is 0 Å². The number of hydrogen-bond donors (Lipinski definition) is 1. The molecule has 2 unspecified atom stereocenters. The summed E-state index contributed by atoms with van der Waals surface area (Å²) in [6.07, 6.45) is 7.02. The molecule has 1 saturated carbocycles. The summed E-state index contributed by atoms with van der Waals surface area (Å²) in [6.45, 7) is 4.83. The molecule has 0 aromatic rings. The van der Waals surface area contributed by atoms with Gasteiger partial charge in [-0.3, -0.25) is 0 Å². The van der Waals surface area contributed by atoms with Gasteiger partial charge in [-0.15, -0.1) is 0 Å². The predicted molar refractivity (Wildman–Crippen MR) is 60.5 cm³/mol. The quantitative estimate of drug-likeness (QED) is 0.722. The molecule has 0 amide bonds. The summed E-state index contributed by atoms with van der Waals surface area (Å²) < 4.78 is 0. The number of nitrogens with zero attached hydrogens (tertiary/aromatic N) is 1. The van der Waals surface area contributed by atoms with Crippen molar-refractivity contribution in [3.63, 3.8) is 0 Å². The molecule has 1 N–H and O–H groups in total. The molecule has 14 heavy (non-hydrogen) atoms. The van der Waals surface area contributed by atoms with Gasteiger partial charge in [0.2, 0.25) is 0 Å². The highest BCUT2D eigenvalue weighted by atomic mass is 15.2. The van der Waals surface area contributed by atoms with Gasteiger partial charge in [0.1, 0.15) is 0 Å². The van der Waals surface area contributed by atoms with Gasteiger partial charge in [-0.2, -0.15) is 0 Å². The van der Waals surface area contributed by atoms with Gasteiger partial charge in [0.25, 0.3) is 0 Å². The summed E-state index contributed by atoms with van der Waals surface area (Å²) in [6, 6.07) is 1.62. The van der Waals surface area contributed by atoms with Crippen LogP contribution in [0.3, 0.4) is 0 Å². The zero-order chi connectivity index (χ0) is 9.97. The van der Waals surface area contributed by atoms with E-state index in [0.717, 1.165) is 18.0 Å². The fraction of sp³-hybridized carbons (Fsp3) is 1.00. The molecular weight excluding hydrogens is 172 g/mol. The van der Waals surface area contributed by atoms with Crippen LogP contribution in [0.15, 0.2) is 0 Å². The molecule has 1 aliphatic heterocycles. The average Bonchev–Trinajstić information content (AvgIpc) is 2.93. The Labute approximate surface area is 88.1 Å². The Morgan fingerprint density at radius 2 is 2.14 bits per heavy atom. The molecule has 1 heterocycles. The molecule has 2 rings (SSSR count). The zero-order valence-electron chi connectivity index (χ0n) is 9.63. The van der Waals surface area contributed by atoms with Gasteiger partial charge in [0.15, 0.2) is 0 Å². The number of likely N-dealkylation sites (tertiary alicyclic amines) is 1. The van der Waals surface area contributed by atoms with Gasteiger partial charge in [0, 0.05) is 18.6 Å². The van der Waals surface area contributed by atoms with Crippen molar-refractivity contribution in [1.82, 2.24) is 10.2 Å². The minimum Gasteiger partial charge on any atom is -0.312 e. The van der Waals surface area contributed by atoms with Gasteiger partial charge in [-0.25, -0.2) is 0 Å². The van der Waals surface area contributed by atoms with Crippen molar-refractivity contribution >= 4 is 0 Å². The zero-order valence-corrected chi connectivity index (χ0v) is 9.63. The lowest BCUT2D eigenvalue weighted by molar-refractivity contribution is 0.284.